The molecule has 0 fully saturated rings. The summed E-state index contributed by atoms with van der Waals surface area (Å²) in [7, 11) is 1.76. The molecule has 1 aliphatic rings. The van der Waals surface area contributed by atoms with E-state index in [2.05, 4.69) is 11.4 Å². The van der Waals surface area contributed by atoms with Crippen molar-refractivity contribution in [3.63, 3.8) is 0 Å². The van der Waals surface area contributed by atoms with Crippen LogP contribution in [0.4, 0.5) is 5.69 Å². The maximum Gasteiger partial charge on any atom is 0.253 e. The van der Waals surface area contributed by atoms with Gasteiger partial charge in [0.05, 0.1) is 12.0 Å². The summed E-state index contributed by atoms with van der Waals surface area (Å²) in [5.41, 5.74) is 2.94. The van der Waals surface area contributed by atoms with Gasteiger partial charge in [0.1, 0.15) is 0 Å². The van der Waals surface area contributed by atoms with Gasteiger partial charge < -0.3 is 10.2 Å². The molecule has 4 nitrogen and oxygen atoms in total. The quantitative estimate of drug-likeness (QED) is 0.903. The third-order valence-electron chi connectivity index (χ3n) is 3.44. The van der Waals surface area contributed by atoms with Gasteiger partial charge in [-0.25, -0.2) is 0 Å². The first-order valence-corrected chi connectivity index (χ1v) is 6.64. The van der Waals surface area contributed by atoms with E-state index in [0.29, 0.717) is 6.54 Å². The molecule has 100 valence electrons. The van der Waals surface area contributed by atoms with Crippen LogP contribution in [0.1, 0.15) is 29.3 Å². The Balaban J connectivity index is 2.22. The van der Waals surface area contributed by atoms with E-state index in [1.54, 1.807) is 11.9 Å². The molecule has 0 bridgehead atoms. The molecule has 1 aliphatic heterocycles. The number of carbonyl (C=O) groups is 1. The first-order valence-electron chi connectivity index (χ1n) is 6.64. The Bertz CT molecular complexity index is 519. The summed E-state index contributed by atoms with van der Waals surface area (Å²) in [6.45, 7) is 3.25. The summed E-state index contributed by atoms with van der Waals surface area (Å²) in [6, 6.07) is 7.96. The average molecular weight is 257 g/mol. The second-order valence-corrected chi connectivity index (χ2v) is 5.08. The molecule has 0 saturated heterocycles. The highest BCUT2D eigenvalue weighted by Gasteiger charge is 2.20. The van der Waals surface area contributed by atoms with Crippen molar-refractivity contribution in [2.24, 2.45) is 5.92 Å². The van der Waals surface area contributed by atoms with Gasteiger partial charge in [-0.05, 0) is 37.5 Å². The summed E-state index contributed by atoms with van der Waals surface area (Å²) in [5.74, 6) is -0.144. The van der Waals surface area contributed by atoms with Crippen LogP contribution >= 0.6 is 0 Å². The van der Waals surface area contributed by atoms with Crippen LogP contribution in [-0.4, -0.2) is 30.9 Å². The van der Waals surface area contributed by atoms with Crippen molar-refractivity contribution in [1.29, 1.82) is 5.26 Å². The number of fused-ring (bicyclic) bond motifs is 1. The van der Waals surface area contributed by atoms with E-state index in [0.717, 1.165) is 36.2 Å². The highest BCUT2D eigenvalue weighted by atomic mass is 16.2. The van der Waals surface area contributed by atoms with E-state index >= 15 is 0 Å². The molecule has 1 amide bonds. The predicted molar refractivity (Wildman–Crippen MR) is 75.0 cm³/mol. The molecule has 2 rings (SSSR count). The van der Waals surface area contributed by atoms with Gasteiger partial charge in [-0.15, -0.1) is 0 Å². The number of anilines is 1. The van der Waals surface area contributed by atoms with Crippen LogP contribution in [0.2, 0.25) is 0 Å². The molecule has 0 aromatic heterocycles. The second-order valence-electron chi connectivity index (χ2n) is 5.08. The molecule has 0 spiro atoms. The monoisotopic (exact) mass is 257 g/mol. The Morgan fingerprint density at radius 1 is 1.58 bits per heavy atom. The molecule has 19 heavy (non-hydrogen) atoms. The first kappa shape index (κ1) is 13.4. The van der Waals surface area contributed by atoms with Gasteiger partial charge in [0.25, 0.3) is 5.91 Å². The van der Waals surface area contributed by atoms with Crippen LogP contribution in [0.25, 0.3) is 0 Å². The fraction of sp³-hybridized carbons (Fsp3) is 0.467. The smallest absolute Gasteiger partial charge is 0.253 e. The predicted octanol–water partition coefficient (Wildman–Crippen LogP) is 2.28. The number of rotatable bonds is 3. The number of carbonyl (C=O) groups excluding carboxylic acids is 1. The van der Waals surface area contributed by atoms with Crippen molar-refractivity contribution in [2.45, 2.75) is 19.8 Å². The molecular weight excluding hydrogens is 238 g/mol. The minimum Gasteiger partial charge on any atom is -0.385 e. The van der Waals surface area contributed by atoms with Gasteiger partial charge in [-0.3, -0.25) is 4.79 Å². The van der Waals surface area contributed by atoms with E-state index in [-0.39, 0.29) is 11.8 Å². The van der Waals surface area contributed by atoms with Gasteiger partial charge in [0.2, 0.25) is 0 Å². The highest BCUT2D eigenvalue weighted by Crippen LogP contribution is 2.26. The average Bonchev–Trinajstić information content (AvgIpc) is 2.45. The van der Waals surface area contributed by atoms with Gasteiger partial charge in [-0.2, -0.15) is 5.26 Å². The maximum atomic E-state index is 12.5. The van der Waals surface area contributed by atoms with Crippen LogP contribution in [0.5, 0.6) is 0 Å². The number of nitrogens with one attached hydrogen (secondary N) is 1. The minimum atomic E-state index is -0.147. The third kappa shape index (κ3) is 2.87. The van der Waals surface area contributed by atoms with E-state index < -0.39 is 0 Å². The lowest BCUT2D eigenvalue weighted by Crippen LogP contribution is -2.32. The van der Waals surface area contributed by atoms with Crippen molar-refractivity contribution in [1.82, 2.24) is 4.90 Å². The summed E-state index contributed by atoms with van der Waals surface area (Å²) < 4.78 is 0. The zero-order valence-corrected chi connectivity index (χ0v) is 11.4. The Hall–Kier alpha value is -2.02. The molecule has 1 unspecified atom stereocenters. The molecule has 1 heterocycles. The van der Waals surface area contributed by atoms with Crippen molar-refractivity contribution >= 4 is 11.6 Å². The Kier molecular flexibility index (Phi) is 4.06. The first-order chi connectivity index (χ1) is 9.13. The SMILES string of the molecule is CC(C#N)CN(C)C(=O)c1cccc2c1CCCN2. The van der Waals surface area contributed by atoms with Crippen LogP contribution < -0.4 is 5.32 Å². The molecule has 1 aromatic rings. The number of benzene rings is 1. The number of amides is 1. The topological polar surface area (TPSA) is 56.1 Å². The summed E-state index contributed by atoms with van der Waals surface area (Å²) in [6.07, 6.45) is 1.99. The molecule has 1 aromatic carbocycles. The summed E-state index contributed by atoms with van der Waals surface area (Å²) in [5, 5.41) is 12.2. The fourth-order valence-corrected chi connectivity index (χ4v) is 2.45. The Labute approximate surface area is 114 Å². The van der Waals surface area contributed by atoms with Gasteiger partial charge >= 0.3 is 0 Å². The van der Waals surface area contributed by atoms with Crippen molar-refractivity contribution in [3.8, 4) is 6.07 Å². The molecule has 0 radical (unpaired) electrons. The number of hydrogen-bond donors (Lipinski definition) is 1. The van der Waals surface area contributed by atoms with E-state index in [1.165, 1.54) is 0 Å². The largest absolute Gasteiger partial charge is 0.385 e. The maximum absolute atomic E-state index is 12.5. The highest BCUT2D eigenvalue weighted by molar-refractivity contribution is 5.97. The normalized spacial score (nSPS) is 14.8. The molecule has 0 aliphatic carbocycles. The fourth-order valence-electron chi connectivity index (χ4n) is 2.45. The second kappa shape index (κ2) is 5.75. The van der Waals surface area contributed by atoms with Crippen molar-refractivity contribution in [3.05, 3.63) is 29.3 Å². The number of hydrogen-bond acceptors (Lipinski definition) is 3. The molecule has 0 saturated carbocycles. The van der Waals surface area contributed by atoms with Crippen LogP contribution in [0.3, 0.4) is 0 Å². The van der Waals surface area contributed by atoms with Crippen LogP contribution in [0.15, 0.2) is 18.2 Å². The lowest BCUT2D eigenvalue weighted by molar-refractivity contribution is 0.0784. The van der Waals surface area contributed by atoms with Crippen molar-refractivity contribution < 1.29 is 4.79 Å². The third-order valence-corrected chi connectivity index (χ3v) is 3.44. The molecule has 4 heteroatoms. The summed E-state index contributed by atoms with van der Waals surface area (Å²) >= 11 is 0. The molecular formula is C15H19N3O. The van der Waals surface area contributed by atoms with Gasteiger partial charge in [0.15, 0.2) is 0 Å². The Morgan fingerprint density at radius 3 is 3.11 bits per heavy atom. The number of nitriles is 1. The Morgan fingerprint density at radius 2 is 2.37 bits per heavy atom. The molecule has 1 N–H and O–H groups in total. The van der Waals surface area contributed by atoms with Gasteiger partial charge in [-0.1, -0.05) is 6.07 Å². The lowest BCUT2D eigenvalue weighted by atomic mass is 9.96. The van der Waals surface area contributed by atoms with Crippen molar-refractivity contribution in [2.75, 3.05) is 25.5 Å². The number of nitrogens with zero attached hydrogens (tertiary/aromatic N) is 2. The van der Waals surface area contributed by atoms with Crippen LogP contribution in [-0.2, 0) is 6.42 Å². The standard InChI is InChI=1S/C15H19N3O/c1-11(9-16)10-18(2)15(19)13-5-3-7-14-12(13)6-4-8-17-14/h3,5,7,11,17H,4,6,8,10H2,1-2H3. The summed E-state index contributed by atoms with van der Waals surface area (Å²) in [4.78, 5) is 14.1. The van der Waals surface area contributed by atoms with Crippen LogP contribution in [0, 0.1) is 17.2 Å². The van der Waals surface area contributed by atoms with Gasteiger partial charge in [0, 0.05) is 31.4 Å². The molecule has 1 atom stereocenters. The van der Waals surface area contributed by atoms with E-state index in [1.807, 2.05) is 25.1 Å². The zero-order chi connectivity index (χ0) is 13.8. The zero-order valence-electron chi connectivity index (χ0n) is 11.4. The van der Waals surface area contributed by atoms with E-state index in [9.17, 15) is 4.79 Å². The lowest BCUT2D eigenvalue weighted by Gasteiger charge is -2.24. The minimum absolute atomic E-state index is 0.00245. The van der Waals surface area contributed by atoms with E-state index in [4.69, 9.17) is 5.26 Å².